The van der Waals surface area contributed by atoms with Crippen LogP contribution in [0.2, 0.25) is 0 Å². The Morgan fingerprint density at radius 1 is 1.09 bits per heavy atom. The van der Waals surface area contributed by atoms with E-state index in [0.29, 0.717) is 28.4 Å². The van der Waals surface area contributed by atoms with Gasteiger partial charge in [-0.3, -0.25) is 4.79 Å². The third-order valence-electron chi connectivity index (χ3n) is 3.04. The van der Waals surface area contributed by atoms with Crippen molar-refractivity contribution in [1.29, 1.82) is 5.26 Å². The Morgan fingerprint density at radius 3 is 2.55 bits per heavy atom. The van der Waals surface area contributed by atoms with Gasteiger partial charge in [0.15, 0.2) is 23.9 Å². The van der Waals surface area contributed by atoms with Crippen LogP contribution in [0.25, 0.3) is 0 Å². The van der Waals surface area contributed by atoms with Gasteiger partial charge < -0.3 is 14.2 Å². The van der Waals surface area contributed by atoms with Gasteiger partial charge in [-0.1, -0.05) is 6.07 Å². The van der Waals surface area contributed by atoms with Crippen molar-refractivity contribution in [2.24, 2.45) is 0 Å². The van der Waals surface area contributed by atoms with Crippen molar-refractivity contribution >= 4 is 5.78 Å². The second kappa shape index (κ2) is 7.14. The number of carbonyl (C=O) groups excluding carboxylic acids is 1. The lowest BCUT2D eigenvalue weighted by molar-refractivity contribution is 0.0921. The zero-order valence-corrected chi connectivity index (χ0v) is 12.3. The van der Waals surface area contributed by atoms with Gasteiger partial charge in [-0.2, -0.15) is 5.26 Å². The fourth-order valence-corrected chi connectivity index (χ4v) is 1.90. The molecule has 0 saturated carbocycles. The van der Waals surface area contributed by atoms with Crippen LogP contribution in [-0.4, -0.2) is 26.6 Å². The fourth-order valence-electron chi connectivity index (χ4n) is 1.90. The number of nitrogens with zero attached hydrogens (tertiary/aromatic N) is 1. The first-order valence-corrected chi connectivity index (χ1v) is 6.56. The highest BCUT2D eigenvalue weighted by atomic mass is 16.5. The van der Waals surface area contributed by atoms with E-state index in [-0.39, 0.29) is 12.4 Å². The Bertz CT molecular complexity index is 719. The van der Waals surface area contributed by atoms with Crippen LogP contribution in [0.3, 0.4) is 0 Å². The summed E-state index contributed by atoms with van der Waals surface area (Å²) >= 11 is 0. The molecule has 0 radical (unpaired) electrons. The smallest absolute Gasteiger partial charge is 0.200 e. The Hall–Kier alpha value is -3.00. The number of carbonyl (C=O) groups is 1. The molecule has 0 unspecified atom stereocenters. The molecule has 0 spiro atoms. The van der Waals surface area contributed by atoms with Gasteiger partial charge in [-0.15, -0.1) is 0 Å². The second-order valence-corrected chi connectivity index (χ2v) is 4.42. The van der Waals surface area contributed by atoms with Crippen LogP contribution in [0, 0.1) is 11.3 Å². The molecular formula is C17H15NO4. The normalized spacial score (nSPS) is 9.68. The molecule has 112 valence electrons. The van der Waals surface area contributed by atoms with Crippen molar-refractivity contribution in [1.82, 2.24) is 0 Å². The van der Waals surface area contributed by atoms with E-state index in [0.717, 1.165) is 0 Å². The summed E-state index contributed by atoms with van der Waals surface area (Å²) in [4.78, 5) is 12.2. The first kappa shape index (κ1) is 15.4. The molecule has 0 aliphatic carbocycles. The first-order chi connectivity index (χ1) is 10.7. The molecule has 0 heterocycles. The number of nitriles is 1. The van der Waals surface area contributed by atoms with Gasteiger partial charge in [0, 0.05) is 5.56 Å². The SMILES string of the molecule is COc1ccc(C(=O)COc2cccc(C#N)c2)cc1OC. The van der Waals surface area contributed by atoms with Gasteiger partial charge in [0.2, 0.25) is 0 Å². The number of rotatable bonds is 6. The molecule has 2 rings (SSSR count). The topological polar surface area (TPSA) is 68.5 Å². The van der Waals surface area contributed by atoms with Gasteiger partial charge in [0.05, 0.1) is 25.9 Å². The zero-order chi connectivity index (χ0) is 15.9. The minimum atomic E-state index is -0.191. The Morgan fingerprint density at radius 2 is 1.86 bits per heavy atom. The van der Waals surface area contributed by atoms with Gasteiger partial charge in [0.25, 0.3) is 0 Å². The van der Waals surface area contributed by atoms with Crippen LogP contribution in [0.4, 0.5) is 0 Å². The van der Waals surface area contributed by atoms with E-state index in [9.17, 15) is 4.79 Å². The Labute approximate surface area is 128 Å². The van der Waals surface area contributed by atoms with Crippen LogP contribution < -0.4 is 14.2 Å². The quantitative estimate of drug-likeness (QED) is 0.767. The molecule has 0 amide bonds. The van der Waals surface area contributed by atoms with Gasteiger partial charge in [-0.05, 0) is 36.4 Å². The second-order valence-electron chi connectivity index (χ2n) is 4.42. The van der Waals surface area contributed by atoms with E-state index in [1.54, 1.807) is 42.5 Å². The molecule has 0 saturated heterocycles. The van der Waals surface area contributed by atoms with Crippen molar-refractivity contribution in [3.05, 3.63) is 53.6 Å². The maximum atomic E-state index is 12.2. The van der Waals surface area contributed by atoms with E-state index in [1.807, 2.05) is 6.07 Å². The predicted octanol–water partition coefficient (Wildman–Crippen LogP) is 2.84. The first-order valence-electron chi connectivity index (χ1n) is 6.56. The molecule has 0 aliphatic rings. The molecule has 2 aromatic rings. The van der Waals surface area contributed by atoms with E-state index < -0.39 is 0 Å². The summed E-state index contributed by atoms with van der Waals surface area (Å²) in [6, 6.07) is 13.6. The van der Waals surface area contributed by atoms with E-state index in [4.69, 9.17) is 19.5 Å². The zero-order valence-electron chi connectivity index (χ0n) is 12.3. The number of hydrogen-bond donors (Lipinski definition) is 0. The van der Waals surface area contributed by atoms with E-state index >= 15 is 0 Å². The number of ketones is 1. The van der Waals surface area contributed by atoms with Crippen LogP contribution in [0.15, 0.2) is 42.5 Å². The number of ether oxygens (including phenoxy) is 3. The minimum absolute atomic E-state index is 0.121. The third kappa shape index (κ3) is 3.55. The molecule has 0 atom stereocenters. The fraction of sp³-hybridized carbons (Fsp3) is 0.176. The van der Waals surface area contributed by atoms with Crippen molar-refractivity contribution in [2.75, 3.05) is 20.8 Å². The molecular weight excluding hydrogens is 282 g/mol. The molecule has 2 aromatic carbocycles. The maximum Gasteiger partial charge on any atom is 0.200 e. The molecule has 5 nitrogen and oxygen atoms in total. The van der Waals surface area contributed by atoms with Crippen LogP contribution >= 0.6 is 0 Å². The molecule has 0 bridgehead atoms. The Balaban J connectivity index is 2.07. The van der Waals surface area contributed by atoms with Crippen LogP contribution in [0.1, 0.15) is 15.9 Å². The summed E-state index contributed by atoms with van der Waals surface area (Å²) in [5.41, 5.74) is 0.949. The van der Waals surface area contributed by atoms with Crippen molar-refractivity contribution in [2.45, 2.75) is 0 Å². The van der Waals surface area contributed by atoms with Gasteiger partial charge >= 0.3 is 0 Å². The lowest BCUT2D eigenvalue weighted by Gasteiger charge is -2.10. The molecule has 22 heavy (non-hydrogen) atoms. The molecule has 0 aromatic heterocycles. The molecule has 0 aliphatic heterocycles. The van der Waals surface area contributed by atoms with Crippen LogP contribution in [-0.2, 0) is 0 Å². The van der Waals surface area contributed by atoms with E-state index in [2.05, 4.69) is 0 Å². The maximum absolute atomic E-state index is 12.2. The highest BCUT2D eigenvalue weighted by molar-refractivity contribution is 5.97. The predicted molar refractivity (Wildman–Crippen MR) is 80.5 cm³/mol. The van der Waals surface area contributed by atoms with Crippen molar-refractivity contribution in [3.8, 4) is 23.3 Å². The summed E-state index contributed by atoms with van der Waals surface area (Å²) in [6.07, 6.45) is 0. The number of methoxy groups -OCH3 is 2. The summed E-state index contributed by atoms with van der Waals surface area (Å²) in [5.74, 6) is 1.33. The van der Waals surface area contributed by atoms with Gasteiger partial charge in [-0.25, -0.2) is 0 Å². The highest BCUT2D eigenvalue weighted by Crippen LogP contribution is 2.27. The average molecular weight is 297 g/mol. The largest absolute Gasteiger partial charge is 0.493 e. The standard InChI is InChI=1S/C17H15NO4/c1-20-16-7-6-13(9-17(16)21-2)15(19)11-22-14-5-3-4-12(8-14)10-18/h3-9H,11H2,1-2H3. The summed E-state index contributed by atoms with van der Waals surface area (Å²) < 4.78 is 15.7. The lowest BCUT2D eigenvalue weighted by Crippen LogP contribution is -2.11. The highest BCUT2D eigenvalue weighted by Gasteiger charge is 2.11. The van der Waals surface area contributed by atoms with Crippen LogP contribution in [0.5, 0.6) is 17.2 Å². The molecule has 5 heteroatoms. The minimum Gasteiger partial charge on any atom is -0.493 e. The molecule has 0 fully saturated rings. The van der Waals surface area contributed by atoms with Crippen molar-refractivity contribution in [3.63, 3.8) is 0 Å². The summed E-state index contributed by atoms with van der Waals surface area (Å²) in [6.45, 7) is -0.121. The van der Waals surface area contributed by atoms with Gasteiger partial charge in [0.1, 0.15) is 5.75 Å². The number of benzene rings is 2. The summed E-state index contributed by atoms with van der Waals surface area (Å²) in [5, 5.41) is 8.83. The lowest BCUT2D eigenvalue weighted by atomic mass is 10.1. The third-order valence-corrected chi connectivity index (χ3v) is 3.04. The monoisotopic (exact) mass is 297 g/mol. The van der Waals surface area contributed by atoms with E-state index in [1.165, 1.54) is 14.2 Å². The average Bonchev–Trinajstić information content (AvgIpc) is 2.59. The molecule has 0 N–H and O–H groups in total. The van der Waals surface area contributed by atoms with Crippen molar-refractivity contribution < 1.29 is 19.0 Å². The summed E-state index contributed by atoms with van der Waals surface area (Å²) in [7, 11) is 3.04. The number of Topliss-reactive ketones (excluding diaryl/α,β-unsaturated/α-hetero) is 1. The Kier molecular flexibility index (Phi) is 4.99. The number of hydrogen-bond acceptors (Lipinski definition) is 5.